The normalized spacial score (nSPS) is 11.4. The van der Waals surface area contributed by atoms with Crippen LogP contribution >= 0.6 is 0 Å². The quantitative estimate of drug-likeness (QED) is 0.706. The number of aromatic hydroxyl groups is 1. The molecule has 0 atom stereocenters. The lowest BCUT2D eigenvalue weighted by molar-refractivity contribution is -0.132. The largest absolute Gasteiger partial charge is 0.507 e. The van der Waals surface area contributed by atoms with E-state index in [4.69, 9.17) is 5.11 Å². The number of aliphatic carboxylic acids is 1. The van der Waals surface area contributed by atoms with Gasteiger partial charge in [0.25, 0.3) is 0 Å². The number of carboxylic acids is 1. The number of benzene rings is 1. The van der Waals surface area contributed by atoms with Crippen LogP contribution in [-0.4, -0.2) is 16.2 Å². The van der Waals surface area contributed by atoms with Crippen LogP contribution in [0.15, 0.2) is 23.8 Å². The maximum Gasteiger partial charge on any atom is 0.331 e. The van der Waals surface area contributed by atoms with Gasteiger partial charge in [-0.1, -0.05) is 11.6 Å². The molecule has 0 aliphatic carbocycles. The summed E-state index contributed by atoms with van der Waals surface area (Å²) in [7, 11) is 0. The Morgan fingerprint density at radius 1 is 1.43 bits per heavy atom. The van der Waals surface area contributed by atoms with E-state index in [1.165, 1.54) is 13.0 Å². The van der Waals surface area contributed by atoms with Crippen molar-refractivity contribution in [1.82, 2.24) is 0 Å². The summed E-state index contributed by atoms with van der Waals surface area (Å²) in [6, 6.07) is 5.06. The van der Waals surface area contributed by atoms with Gasteiger partial charge in [-0.2, -0.15) is 0 Å². The Morgan fingerprint density at radius 2 is 2.07 bits per heavy atom. The second kappa shape index (κ2) is 3.96. The average molecular weight is 192 g/mol. The number of aryl methyl sites for hydroxylation is 1. The number of hydrogen-bond acceptors (Lipinski definition) is 2. The lowest BCUT2D eigenvalue weighted by atomic mass is 10.1. The summed E-state index contributed by atoms with van der Waals surface area (Å²) in [6.07, 6.45) is 1.45. The molecule has 0 bridgehead atoms. The van der Waals surface area contributed by atoms with E-state index >= 15 is 0 Å². The molecule has 0 unspecified atom stereocenters. The van der Waals surface area contributed by atoms with Crippen molar-refractivity contribution >= 4 is 12.0 Å². The zero-order chi connectivity index (χ0) is 10.7. The summed E-state index contributed by atoms with van der Waals surface area (Å²) in [5.74, 6) is -0.887. The van der Waals surface area contributed by atoms with E-state index < -0.39 is 5.97 Å². The van der Waals surface area contributed by atoms with E-state index in [9.17, 15) is 9.90 Å². The molecular formula is C11H12O3. The first-order chi connectivity index (χ1) is 6.50. The average Bonchev–Trinajstić information content (AvgIpc) is 2.11. The minimum Gasteiger partial charge on any atom is -0.507 e. The standard InChI is InChI=1S/C11H12O3/c1-7-3-4-10(12)9(5-7)6-8(2)11(13)14/h3-6,12H,1-2H3,(H,13,14)/b8-6+. The highest BCUT2D eigenvalue weighted by Gasteiger charge is 2.03. The summed E-state index contributed by atoms with van der Waals surface area (Å²) in [5.41, 5.74) is 1.71. The summed E-state index contributed by atoms with van der Waals surface area (Å²) < 4.78 is 0. The molecule has 2 N–H and O–H groups in total. The van der Waals surface area contributed by atoms with E-state index in [1.807, 2.05) is 6.92 Å². The lowest BCUT2D eigenvalue weighted by Crippen LogP contribution is -1.95. The van der Waals surface area contributed by atoms with Gasteiger partial charge in [-0.05, 0) is 32.1 Å². The number of rotatable bonds is 2. The van der Waals surface area contributed by atoms with Crippen LogP contribution in [0.3, 0.4) is 0 Å². The molecule has 0 aromatic heterocycles. The van der Waals surface area contributed by atoms with Gasteiger partial charge in [0.15, 0.2) is 0 Å². The molecule has 0 aliphatic heterocycles. The Balaban J connectivity index is 3.13. The highest BCUT2D eigenvalue weighted by molar-refractivity contribution is 5.91. The summed E-state index contributed by atoms with van der Waals surface area (Å²) in [5, 5.41) is 18.1. The Morgan fingerprint density at radius 3 is 2.64 bits per heavy atom. The van der Waals surface area contributed by atoms with E-state index in [2.05, 4.69) is 0 Å². The minimum absolute atomic E-state index is 0.0937. The Labute approximate surface area is 82.3 Å². The second-order valence-electron chi connectivity index (χ2n) is 3.19. The molecule has 1 aromatic carbocycles. The Kier molecular flexibility index (Phi) is 2.92. The van der Waals surface area contributed by atoms with Crippen LogP contribution in [0, 0.1) is 6.92 Å². The molecule has 1 aromatic rings. The lowest BCUT2D eigenvalue weighted by Gasteiger charge is -2.01. The second-order valence-corrected chi connectivity index (χ2v) is 3.19. The van der Waals surface area contributed by atoms with Gasteiger partial charge in [-0.25, -0.2) is 4.79 Å². The van der Waals surface area contributed by atoms with Crippen LogP contribution < -0.4 is 0 Å². The van der Waals surface area contributed by atoms with Gasteiger partial charge >= 0.3 is 5.97 Å². The number of carbonyl (C=O) groups is 1. The summed E-state index contributed by atoms with van der Waals surface area (Å²) in [6.45, 7) is 3.37. The molecular weight excluding hydrogens is 180 g/mol. The first-order valence-electron chi connectivity index (χ1n) is 4.22. The molecule has 0 fully saturated rings. The highest BCUT2D eigenvalue weighted by atomic mass is 16.4. The van der Waals surface area contributed by atoms with Crippen molar-refractivity contribution in [3.05, 3.63) is 34.9 Å². The first-order valence-corrected chi connectivity index (χ1v) is 4.22. The van der Waals surface area contributed by atoms with E-state index in [0.29, 0.717) is 5.56 Å². The number of carboxylic acid groups (broad SMARTS) is 1. The third-order valence-electron chi connectivity index (χ3n) is 1.89. The molecule has 0 saturated heterocycles. The van der Waals surface area contributed by atoms with E-state index in [0.717, 1.165) is 5.56 Å². The zero-order valence-corrected chi connectivity index (χ0v) is 8.11. The molecule has 0 radical (unpaired) electrons. The van der Waals surface area contributed by atoms with E-state index in [1.54, 1.807) is 18.2 Å². The molecule has 1 rings (SSSR count). The summed E-state index contributed by atoms with van der Waals surface area (Å²) in [4.78, 5) is 10.5. The maximum atomic E-state index is 10.5. The molecule has 0 amide bonds. The fourth-order valence-corrected chi connectivity index (χ4v) is 1.08. The third-order valence-corrected chi connectivity index (χ3v) is 1.89. The maximum absolute atomic E-state index is 10.5. The van der Waals surface area contributed by atoms with Crippen molar-refractivity contribution < 1.29 is 15.0 Å². The molecule has 0 spiro atoms. The van der Waals surface area contributed by atoms with Gasteiger partial charge in [0.1, 0.15) is 5.75 Å². The minimum atomic E-state index is -0.981. The summed E-state index contributed by atoms with van der Waals surface area (Å²) >= 11 is 0. The smallest absolute Gasteiger partial charge is 0.331 e. The van der Waals surface area contributed by atoms with Gasteiger partial charge in [0.05, 0.1) is 0 Å². The SMILES string of the molecule is C/C(=C\c1cc(C)ccc1O)C(=O)O. The molecule has 14 heavy (non-hydrogen) atoms. The van der Waals surface area contributed by atoms with E-state index in [-0.39, 0.29) is 11.3 Å². The van der Waals surface area contributed by atoms with Crippen molar-refractivity contribution in [2.75, 3.05) is 0 Å². The van der Waals surface area contributed by atoms with Gasteiger partial charge < -0.3 is 10.2 Å². The van der Waals surface area contributed by atoms with Crippen LogP contribution in [0.25, 0.3) is 6.08 Å². The van der Waals surface area contributed by atoms with Crippen LogP contribution in [-0.2, 0) is 4.79 Å². The van der Waals surface area contributed by atoms with Crippen molar-refractivity contribution in [2.45, 2.75) is 13.8 Å². The molecule has 3 nitrogen and oxygen atoms in total. The van der Waals surface area contributed by atoms with Gasteiger partial charge in [0, 0.05) is 11.1 Å². The highest BCUT2D eigenvalue weighted by Crippen LogP contribution is 2.20. The Hall–Kier alpha value is -1.77. The number of hydrogen-bond donors (Lipinski definition) is 2. The fraction of sp³-hybridized carbons (Fsp3) is 0.182. The van der Waals surface area contributed by atoms with Gasteiger partial charge in [-0.15, -0.1) is 0 Å². The van der Waals surface area contributed by atoms with Crippen molar-refractivity contribution in [3.63, 3.8) is 0 Å². The van der Waals surface area contributed by atoms with Crippen LogP contribution in [0.1, 0.15) is 18.1 Å². The fourth-order valence-electron chi connectivity index (χ4n) is 1.08. The van der Waals surface area contributed by atoms with Crippen LogP contribution in [0.4, 0.5) is 0 Å². The van der Waals surface area contributed by atoms with Crippen molar-refractivity contribution in [3.8, 4) is 5.75 Å². The van der Waals surface area contributed by atoms with Gasteiger partial charge in [-0.3, -0.25) is 0 Å². The predicted octanol–water partition coefficient (Wildman–Crippen LogP) is 2.19. The number of phenols is 1. The molecule has 0 aliphatic rings. The first kappa shape index (κ1) is 10.3. The van der Waals surface area contributed by atoms with Crippen molar-refractivity contribution in [1.29, 1.82) is 0 Å². The molecule has 3 heteroatoms. The van der Waals surface area contributed by atoms with Crippen LogP contribution in [0.2, 0.25) is 0 Å². The topological polar surface area (TPSA) is 57.5 Å². The number of phenolic OH excluding ortho intramolecular Hbond substituents is 1. The molecule has 0 saturated carbocycles. The Bertz CT molecular complexity index is 392. The predicted molar refractivity (Wildman–Crippen MR) is 54.1 cm³/mol. The van der Waals surface area contributed by atoms with Gasteiger partial charge in [0.2, 0.25) is 0 Å². The van der Waals surface area contributed by atoms with Crippen molar-refractivity contribution in [2.24, 2.45) is 0 Å². The van der Waals surface area contributed by atoms with Crippen LogP contribution in [0.5, 0.6) is 5.75 Å². The zero-order valence-electron chi connectivity index (χ0n) is 8.11. The molecule has 0 heterocycles. The molecule has 74 valence electrons. The third kappa shape index (κ3) is 2.36. The monoisotopic (exact) mass is 192 g/mol.